The summed E-state index contributed by atoms with van der Waals surface area (Å²) < 4.78 is 9.48. The Morgan fingerprint density at radius 1 is 0.680 bits per heavy atom. The molecule has 8 heteroatoms. The lowest BCUT2D eigenvalue weighted by molar-refractivity contribution is -0.0167. The van der Waals surface area contributed by atoms with E-state index in [1.165, 1.54) is 36.4 Å². The molecule has 2 aromatic rings. The van der Waals surface area contributed by atoms with Gasteiger partial charge in [-0.25, -0.2) is 19.2 Å². The number of benzene rings is 2. The first kappa shape index (κ1) is 17.7. The predicted octanol–water partition coefficient (Wildman–Crippen LogP) is 2.05. The molecule has 2 rings (SSSR count). The summed E-state index contributed by atoms with van der Waals surface area (Å²) in [4.78, 5) is 45.3. The number of ether oxygens (including phenoxy) is 2. The molecule has 0 radical (unpaired) electrons. The summed E-state index contributed by atoms with van der Waals surface area (Å²) in [6.45, 7) is -0.702. The first-order valence-corrected chi connectivity index (χ1v) is 6.89. The molecule has 0 aromatic heterocycles. The van der Waals surface area contributed by atoms with Crippen molar-refractivity contribution in [3.63, 3.8) is 0 Å². The lowest BCUT2D eigenvalue weighted by Crippen LogP contribution is -2.14. The fourth-order valence-corrected chi connectivity index (χ4v) is 1.86. The molecule has 0 spiro atoms. The zero-order valence-electron chi connectivity index (χ0n) is 12.7. The number of carboxylic acids is 2. The van der Waals surface area contributed by atoms with Crippen molar-refractivity contribution in [1.29, 1.82) is 0 Å². The Morgan fingerprint density at radius 2 is 1.04 bits per heavy atom. The third-order valence-corrected chi connectivity index (χ3v) is 3.07. The van der Waals surface area contributed by atoms with Crippen molar-refractivity contribution in [2.75, 3.05) is 6.79 Å². The fraction of sp³-hybridized carbons (Fsp3) is 0.0588. The van der Waals surface area contributed by atoms with E-state index in [2.05, 4.69) is 0 Å². The molecule has 128 valence electrons. The number of carbonyl (C=O) groups excluding carboxylic acids is 2. The second-order valence-corrected chi connectivity index (χ2v) is 4.75. The summed E-state index contributed by atoms with van der Waals surface area (Å²) in [5.41, 5.74) is -0.193. The molecule has 0 saturated carbocycles. The summed E-state index contributed by atoms with van der Waals surface area (Å²) in [5, 5.41) is 17.7. The van der Waals surface area contributed by atoms with Gasteiger partial charge in [-0.2, -0.15) is 0 Å². The molecule has 2 aromatic carbocycles. The van der Waals surface area contributed by atoms with E-state index in [0.717, 1.165) is 12.1 Å². The van der Waals surface area contributed by atoms with E-state index in [4.69, 9.17) is 19.7 Å². The van der Waals surface area contributed by atoms with Crippen LogP contribution in [0.2, 0.25) is 0 Å². The number of carboxylic acid groups (broad SMARTS) is 2. The summed E-state index contributed by atoms with van der Waals surface area (Å²) in [5.74, 6) is -4.12. The quantitative estimate of drug-likeness (QED) is 0.602. The first-order valence-electron chi connectivity index (χ1n) is 6.89. The van der Waals surface area contributed by atoms with Gasteiger partial charge in [0.2, 0.25) is 6.79 Å². The number of hydrogen-bond acceptors (Lipinski definition) is 6. The van der Waals surface area contributed by atoms with Gasteiger partial charge in [-0.1, -0.05) is 12.1 Å². The minimum Gasteiger partial charge on any atom is -0.478 e. The highest BCUT2D eigenvalue weighted by molar-refractivity contribution is 5.95. The fourth-order valence-electron chi connectivity index (χ4n) is 1.86. The number of aromatic carboxylic acids is 2. The van der Waals surface area contributed by atoms with Crippen molar-refractivity contribution in [1.82, 2.24) is 0 Å². The van der Waals surface area contributed by atoms with Gasteiger partial charge in [0, 0.05) is 0 Å². The minimum absolute atomic E-state index is 0.0103. The van der Waals surface area contributed by atoms with Crippen molar-refractivity contribution >= 4 is 23.9 Å². The lowest BCUT2D eigenvalue weighted by atomic mass is 10.1. The largest absolute Gasteiger partial charge is 0.478 e. The molecule has 25 heavy (non-hydrogen) atoms. The van der Waals surface area contributed by atoms with Gasteiger partial charge in [-0.3, -0.25) is 0 Å². The van der Waals surface area contributed by atoms with Crippen LogP contribution >= 0.6 is 0 Å². The third-order valence-electron chi connectivity index (χ3n) is 3.07. The molecular formula is C17H12O8. The van der Waals surface area contributed by atoms with E-state index in [9.17, 15) is 19.2 Å². The van der Waals surface area contributed by atoms with Gasteiger partial charge < -0.3 is 19.7 Å². The Labute approximate surface area is 141 Å². The van der Waals surface area contributed by atoms with Crippen LogP contribution < -0.4 is 0 Å². The van der Waals surface area contributed by atoms with Gasteiger partial charge in [0.25, 0.3) is 0 Å². The smallest absolute Gasteiger partial charge is 0.341 e. The second kappa shape index (κ2) is 7.73. The Hall–Kier alpha value is -3.68. The van der Waals surface area contributed by atoms with Gasteiger partial charge in [0.05, 0.1) is 22.3 Å². The van der Waals surface area contributed by atoms with Gasteiger partial charge in [-0.15, -0.1) is 0 Å². The molecule has 0 amide bonds. The summed E-state index contributed by atoms with van der Waals surface area (Å²) >= 11 is 0. The van der Waals surface area contributed by atoms with Crippen molar-refractivity contribution in [3.8, 4) is 0 Å². The monoisotopic (exact) mass is 344 g/mol. The normalized spacial score (nSPS) is 9.92. The van der Waals surface area contributed by atoms with E-state index in [0.29, 0.717) is 0 Å². The van der Waals surface area contributed by atoms with Crippen LogP contribution in [-0.4, -0.2) is 40.9 Å². The maximum atomic E-state index is 11.8. The molecule has 0 aliphatic rings. The average Bonchev–Trinajstić information content (AvgIpc) is 2.61. The molecule has 0 unspecified atom stereocenters. The number of hydrogen-bond donors (Lipinski definition) is 2. The van der Waals surface area contributed by atoms with E-state index < -0.39 is 30.7 Å². The van der Waals surface area contributed by atoms with E-state index in [1.807, 2.05) is 0 Å². The van der Waals surface area contributed by atoms with Crippen molar-refractivity contribution in [2.45, 2.75) is 0 Å². The third kappa shape index (κ3) is 4.64. The van der Waals surface area contributed by atoms with E-state index in [-0.39, 0.29) is 22.3 Å². The lowest BCUT2D eigenvalue weighted by Gasteiger charge is -2.07. The van der Waals surface area contributed by atoms with Crippen LogP contribution in [0.15, 0.2) is 48.5 Å². The van der Waals surface area contributed by atoms with Crippen LogP contribution in [0.25, 0.3) is 0 Å². The molecule has 0 fully saturated rings. The molecule has 2 N–H and O–H groups in total. The number of esters is 2. The average molecular weight is 344 g/mol. The topological polar surface area (TPSA) is 127 Å². The van der Waals surface area contributed by atoms with Crippen LogP contribution in [0.3, 0.4) is 0 Å². The maximum Gasteiger partial charge on any atom is 0.341 e. The van der Waals surface area contributed by atoms with Crippen LogP contribution in [0.4, 0.5) is 0 Å². The number of carbonyl (C=O) groups is 4. The van der Waals surface area contributed by atoms with Gasteiger partial charge in [0.1, 0.15) is 0 Å². The maximum absolute atomic E-state index is 11.8. The molecule has 0 aliphatic heterocycles. The van der Waals surface area contributed by atoms with Crippen LogP contribution in [-0.2, 0) is 9.47 Å². The second-order valence-electron chi connectivity index (χ2n) is 4.75. The Morgan fingerprint density at radius 3 is 1.40 bits per heavy atom. The molecule has 8 nitrogen and oxygen atoms in total. The molecule has 0 bridgehead atoms. The Balaban J connectivity index is 1.94. The van der Waals surface area contributed by atoms with E-state index in [1.54, 1.807) is 0 Å². The highest BCUT2D eigenvalue weighted by Gasteiger charge is 2.14. The Kier molecular flexibility index (Phi) is 5.47. The molecule has 0 atom stereocenters. The highest BCUT2D eigenvalue weighted by Crippen LogP contribution is 2.09. The summed E-state index contributed by atoms with van der Waals surface area (Å²) in [7, 11) is 0. The van der Waals surface area contributed by atoms with Gasteiger partial charge in [-0.05, 0) is 36.4 Å². The standard InChI is InChI=1S/C17H12O8/c18-14(19)10-3-1-5-12(7-10)16(22)24-9-25-17(23)13-6-2-4-11(8-13)15(20)21/h1-8H,9H2,(H,18,19)(H,20,21). The van der Waals surface area contributed by atoms with Crippen LogP contribution in [0, 0.1) is 0 Å². The van der Waals surface area contributed by atoms with Gasteiger partial charge in [0.15, 0.2) is 0 Å². The van der Waals surface area contributed by atoms with Crippen LogP contribution in [0.1, 0.15) is 41.4 Å². The highest BCUT2D eigenvalue weighted by atomic mass is 16.7. The van der Waals surface area contributed by atoms with Gasteiger partial charge >= 0.3 is 23.9 Å². The number of rotatable bonds is 6. The zero-order valence-corrected chi connectivity index (χ0v) is 12.7. The molecule has 0 aliphatic carbocycles. The van der Waals surface area contributed by atoms with Crippen molar-refractivity contribution in [3.05, 3.63) is 70.8 Å². The minimum atomic E-state index is -1.20. The Bertz CT molecular complexity index is 771. The predicted molar refractivity (Wildman–Crippen MR) is 82.5 cm³/mol. The summed E-state index contributed by atoms with van der Waals surface area (Å²) in [6, 6.07) is 10.3. The molecule has 0 heterocycles. The van der Waals surface area contributed by atoms with Crippen molar-refractivity contribution < 1.29 is 38.9 Å². The van der Waals surface area contributed by atoms with Crippen LogP contribution in [0.5, 0.6) is 0 Å². The first-order chi connectivity index (χ1) is 11.9. The zero-order chi connectivity index (χ0) is 18.4. The summed E-state index contributed by atoms with van der Waals surface area (Å²) in [6.07, 6.45) is 0. The SMILES string of the molecule is O=C(O)c1cccc(C(=O)OCOC(=O)c2cccc(C(=O)O)c2)c1. The molecule has 0 saturated heterocycles. The molecular weight excluding hydrogens is 332 g/mol. The van der Waals surface area contributed by atoms with E-state index >= 15 is 0 Å². The van der Waals surface area contributed by atoms with Crippen molar-refractivity contribution in [2.24, 2.45) is 0 Å².